The van der Waals surface area contributed by atoms with Crippen LogP contribution in [-0.2, 0) is 6.18 Å². The fraction of sp³-hybridized carbons (Fsp3) is 0.500. The number of aliphatic hydroxyl groups is 1. The number of carbonyl (C=O) groups excluding carboxylic acids is 1. The van der Waals surface area contributed by atoms with Crippen LogP contribution in [0.3, 0.4) is 0 Å². The molecule has 1 aliphatic carbocycles. The smallest absolute Gasteiger partial charge is 0.393 e. The number of aliphatic hydroxyl groups excluding tert-OH is 1. The number of hydrogen-bond donors (Lipinski definition) is 3. The number of nitrogens with one attached hydrogen (secondary N) is 2. The Morgan fingerprint density at radius 1 is 1.19 bits per heavy atom. The Labute approximate surface area is 120 Å². The van der Waals surface area contributed by atoms with E-state index in [1.807, 2.05) is 0 Å². The second kappa shape index (κ2) is 6.34. The topological polar surface area (TPSA) is 61.4 Å². The van der Waals surface area contributed by atoms with Crippen LogP contribution in [0, 0.1) is 0 Å². The van der Waals surface area contributed by atoms with Crippen LogP contribution in [0.4, 0.5) is 23.7 Å². The summed E-state index contributed by atoms with van der Waals surface area (Å²) in [6.07, 6.45) is -1.93. The zero-order chi connectivity index (χ0) is 15.5. The lowest BCUT2D eigenvalue weighted by Crippen LogP contribution is -2.41. The van der Waals surface area contributed by atoms with E-state index >= 15 is 0 Å². The van der Waals surface area contributed by atoms with Gasteiger partial charge < -0.3 is 15.7 Å². The van der Waals surface area contributed by atoms with Gasteiger partial charge in [-0.2, -0.15) is 13.2 Å². The van der Waals surface area contributed by atoms with Crippen LogP contribution in [0.2, 0.25) is 0 Å². The Morgan fingerprint density at radius 2 is 1.86 bits per heavy atom. The third kappa shape index (κ3) is 4.63. The third-order valence-corrected chi connectivity index (χ3v) is 3.45. The van der Waals surface area contributed by atoms with Crippen LogP contribution in [0.1, 0.15) is 31.2 Å². The van der Waals surface area contributed by atoms with Gasteiger partial charge in [0.1, 0.15) is 0 Å². The summed E-state index contributed by atoms with van der Waals surface area (Å²) >= 11 is 0. The molecular formula is C14H17F3N2O2. The van der Waals surface area contributed by atoms with E-state index in [1.54, 1.807) is 0 Å². The molecule has 0 unspecified atom stereocenters. The second-order valence-corrected chi connectivity index (χ2v) is 5.19. The molecule has 0 heterocycles. The summed E-state index contributed by atoms with van der Waals surface area (Å²) in [5, 5.41) is 14.7. The minimum atomic E-state index is -4.39. The molecule has 3 N–H and O–H groups in total. The lowest BCUT2D eigenvalue weighted by atomic mass is 9.93. The Hall–Kier alpha value is -1.76. The van der Waals surface area contributed by atoms with Crippen molar-refractivity contribution in [2.75, 3.05) is 5.32 Å². The van der Waals surface area contributed by atoms with Gasteiger partial charge in [0, 0.05) is 11.7 Å². The van der Waals surface area contributed by atoms with E-state index in [0.717, 1.165) is 31.4 Å². The van der Waals surface area contributed by atoms with Crippen molar-refractivity contribution in [1.82, 2.24) is 5.32 Å². The first-order valence-electron chi connectivity index (χ1n) is 6.77. The van der Waals surface area contributed by atoms with Gasteiger partial charge in [-0.05, 0) is 49.9 Å². The van der Waals surface area contributed by atoms with Crippen molar-refractivity contribution in [2.24, 2.45) is 0 Å². The number of amides is 2. The van der Waals surface area contributed by atoms with Crippen molar-refractivity contribution in [2.45, 2.75) is 44.0 Å². The fourth-order valence-electron chi connectivity index (χ4n) is 2.39. The van der Waals surface area contributed by atoms with Gasteiger partial charge in [0.05, 0.1) is 11.7 Å². The molecule has 2 atom stereocenters. The lowest BCUT2D eigenvalue weighted by Gasteiger charge is -2.26. The third-order valence-electron chi connectivity index (χ3n) is 3.45. The minimum Gasteiger partial charge on any atom is -0.393 e. The van der Waals surface area contributed by atoms with Crippen LogP contribution >= 0.6 is 0 Å². The second-order valence-electron chi connectivity index (χ2n) is 5.19. The summed E-state index contributed by atoms with van der Waals surface area (Å²) in [5.74, 6) is 0. The fourth-order valence-corrected chi connectivity index (χ4v) is 2.39. The molecule has 1 saturated carbocycles. The average Bonchev–Trinajstić information content (AvgIpc) is 2.38. The Balaban J connectivity index is 1.87. The van der Waals surface area contributed by atoms with E-state index in [9.17, 15) is 23.1 Å². The van der Waals surface area contributed by atoms with Gasteiger partial charge in [-0.3, -0.25) is 0 Å². The molecule has 2 amide bonds. The van der Waals surface area contributed by atoms with Crippen LogP contribution in [0.15, 0.2) is 24.3 Å². The highest BCUT2D eigenvalue weighted by Gasteiger charge is 2.30. The zero-order valence-electron chi connectivity index (χ0n) is 11.3. The number of benzene rings is 1. The summed E-state index contributed by atoms with van der Waals surface area (Å²) in [6, 6.07) is 3.66. The lowest BCUT2D eigenvalue weighted by molar-refractivity contribution is -0.137. The van der Waals surface area contributed by atoms with Crippen molar-refractivity contribution in [3.63, 3.8) is 0 Å². The molecule has 1 fully saturated rings. The summed E-state index contributed by atoms with van der Waals surface area (Å²) in [5.41, 5.74) is -0.472. The van der Waals surface area contributed by atoms with Crippen molar-refractivity contribution in [1.29, 1.82) is 0 Å². The largest absolute Gasteiger partial charge is 0.416 e. The van der Waals surface area contributed by atoms with Crippen molar-refractivity contribution < 1.29 is 23.1 Å². The normalized spacial score (nSPS) is 22.7. The Bertz CT molecular complexity index is 488. The van der Waals surface area contributed by atoms with E-state index in [1.165, 1.54) is 12.1 Å². The number of alkyl halides is 3. The maximum absolute atomic E-state index is 12.4. The van der Waals surface area contributed by atoms with Gasteiger partial charge >= 0.3 is 12.2 Å². The monoisotopic (exact) mass is 302 g/mol. The van der Waals surface area contributed by atoms with Gasteiger partial charge in [-0.25, -0.2) is 4.79 Å². The summed E-state index contributed by atoms with van der Waals surface area (Å²) in [4.78, 5) is 11.7. The number of carbonyl (C=O) groups is 1. The molecule has 1 aromatic rings. The maximum Gasteiger partial charge on any atom is 0.416 e. The molecule has 0 bridgehead atoms. The molecule has 1 aliphatic rings. The van der Waals surface area contributed by atoms with E-state index in [-0.39, 0.29) is 11.7 Å². The van der Waals surface area contributed by atoms with E-state index < -0.39 is 23.9 Å². The van der Waals surface area contributed by atoms with E-state index in [4.69, 9.17) is 0 Å². The van der Waals surface area contributed by atoms with Crippen LogP contribution in [0.25, 0.3) is 0 Å². The number of anilines is 1. The summed E-state index contributed by atoms with van der Waals surface area (Å²) in [6.45, 7) is 0. The number of hydrogen-bond acceptors (Lipinski definition) is 2. The van der Waals surface area contributed by atoms with Crippen molar-refractivity contribution >= 4 is 11.7 Å². The molecule has 7 heteroatoms. The zero-order valence-corrected chi connectivity index (χ0v) is 11.3. The average molecular weight is 302 g/mol. The minimum absolute atomic E-state index is 0.108. The van der Waals surface area contributed by atoms with Gasteiger partial charge in [0.15, 0.2) is 0 Å². The molecule has 1 aromatic carbocycles. The van der Waals surface area contributed by atoms with Crippen LogP contribution in [-0.4, -0.2) is 23.3 Å². The van der Waals surface area contributed by atoms with Gasteiger partial charge in [0.2, 0.25) is 0 Å². The number of urea groups is 1. The molecule has 4 nitrogen and oxygen atoms in total. The molecule has 0 spiro atoms. The van der Waals surface area contributed by atoms with Crippen molar-refractivity contribution in [3.8, 4) is 0 Å². The van der Waals surface area contributed by atoms with E-state index in [2.05, 4.69) is 10.6 Å². The van der Waals surface area contributed by atoms with Gasteiger partial charge in [0.25, 0.3) is 0 Å². The van der Waals surface area contributed by atoms with E-state index in [0.29, 0.717) is 6.42 Å². The molecule has 0 aliphatic heterocycles. The SMILES string of the molecule is O=C(Nc1ccc(C(F)(F)F)cc1)N[C@H]1CCC[C@H](O)C1. The first-order chi connectivity index (χ1) is 9.84. The van der Waals surface area contributed by atoms with Gasteiger partial charge in [-0.15, -0.1) is 0 Å². The molecular weight excluding hydrogens is 285 g/mol. The molecule has 21 heavy (non-hydrogen) atoms. The van der Waals surface area contributed by atoms with Crippen molar-refractivity contribution in [3.05, 3.63) is 29.8 Å². The Kier molecular flexibility index (Phi) is 4.72. The first kappa shape index (κ1) is 15.6. The number of rotatable bonds is 2. The highest BCUT2D eigenvalue weighted by atomic mass is 19.4. The molecule has 0 aromatic heterocycles. The first-order valence-corrected chi connectivity index (χ1v) is 6.77. The molecule has 0 radical (unpaired) electrons. The Morgan fingerprint density at radius 3 is 2.43 bits per heavy atom. The quantitative estimate of drug-likeness (QED) is 0.786. The molecule has 2 rings (SSSR count). The highest BCUT2D eigenvalue weighted by Crippen LogP contribution is 2.29. The summed E-state index contributed by atoms with van der Waals surface area (Å²) in [7, 11) is 0. The predicted octanol–water partition coefficient (Wildman–Crippen LogP) is 3.13. The number of halogens is 3. The highest BCUT2D eigenvalue weighted by molar-refractivity contribution is 5.89. The predicted molar refractivity (Wildman–Crippen MR) is 71.9 cm³/mol. The molecule has 0 saturated heterocycles. The van der Waals surface area contributed by atoms with Crippen LogP contribution in [0.5, 0.6) is 0 Å². The molecule has 116 valence electrons. The van der Waals surface area contributed by atoms with Crippen LogP contribution < -0.4 is 10.6 Å². The van der Waals surface area contributed by atoms with Gasteiger partial charge in [-0.1, -0.05) is 0 Å². The summed E-state index contributed by atoms with van der Waals surface area (Å²) < 4.78 is 37.2. The standard InChI is InChI=1S/C14H17F3N2O2/c15-14(16,17)9-4-6-10(7-5-9)18-13(21)19-11-2-1-3-12(20)8-11/h4-7,11-12,20H,1-3,8H2,(H2,18,19,21)/t11-,12-/m0/s1. The maximum atomic E-state index is 12.4.